The van der Waals surface area contributed by atoms with Gasteiger partial charge in [0, 0.05) is 11.6 Å². The van der Waals surface area contributed by atoms with E-state index in [2.05, 4.69) is 5.32 Å². The molecule has 0 bridgehead atoms. The predicted molar refractivity (Wildman–Crippen MR) is 55.6 cm³/mol. The Labute approximate surface area is 94.2 Å². The van der Waals surface area contributed by atoms with Crippen LogP contribution in [-0.4, -0.2) is 42.4 Å². The Morgan fingerprint density at radius 2 is 2.12 bits per heavy atom. The predicted octanol–water partition coefficient (Wildman–Crippen LogP) is 1.30. The van der Waals surface area contributed by atoms with Gasteiger partial charge in [-0.15, -0.1) is 0 Å². The topological polar surface area (TPSA) is 41.5 Å². The highest BCUT2D eigenvalue weighted by Gasteiger charge is 2.42. The Kier molecular flexibility index (Phi) is 3.77. The van der Waals surface area contributed by atoms with E-state index < -0.39 is 13.0 Å². The summed E-state index contributed by atoms with van der Waals surface area (Å²) in [7, 11) is 0. The fourth-order valence-corrected chi connectivity index (χ4v) is 2.41. The fourth-order valence-electron chi connectivity index (χ4n) is 2.41. The second kappa shape index (κ2) is 4.94. The van der Waals surface area contributed by atoms with Crippen molar-refractivity contribution in [1.82, 2.24) is 5.32 Å². The van der Waals surface area contributed by atoms with Crippen LogP contribution in [-0.2, 0) is 4.74 Å². The number of halogens is 2. The van der Waals surface area contributed by atoms with Crippen molar-refractivity contribution >= 4 is 0 Å². The standard InChI is InChI=1S/C11H19F2NO2/c12-10(13)6-16-9-3-4-11(5-9,7-15)14-8-1-2-8/h8-10,14-15H,1-7H2. The van der Waals surface area contributed by atoms with Crippen LogP contribution in [0, 0.1) is 0 Å². The van der Waals surface area contributed by atoms with Crippen molar-refractivity contribution in [3.8, 4) is 0 Å². The van der Waals surface area contributed by atoms with Crippen LogP contribution in [0.1, 0.15) is 32.1 Å². The molecule has 0 spiro atoms. The van der Waals surface area contributed by atoms with Crippen molar-refractivity contribution in [1.29, 1.82) is 0 Å². The molecular weight excluding hydrogens is 216 g/mol. The molecule has 0 heterocycles. The van der Waals surface area contributed by atoms with Crippen molar-refractivity contribution in [2.75, 3.05) is 13.2 Å². The Morgan fingerprint density at radius 1 is 1.38 bits per heavy atom. The van der Waals surface area contributed by atoms with Crippen molar-refractivity contribution < 1.29 is 18.6 Å². The summed E-state index contributed by atoms with van der Waals surface area (Å²) in [6, 6.07) is 0.515. The average molecular weight is 235 g/mol. The number of nitrogens with one attached hydrogen (secondary N) is 1. The first-order valence-electron chi connectivity index (χ1n) is 5.92. The maximum Gasteiger partial charge on any atom is 0.261 e. The second-order valence-corrected chi connectivity index (χ2v) is 4.95. The number of aliphatic hydroxyl groups excluding tert-OH is 1. The van der Waals surface area contributed by atoms with Crippen LogP contribution in [0.2, 0.25) is 0 Å². The molecule has 3 nitrogen and oxygen atoms in total. The lowest BCUT2D eigenvalue weighted by molar-refractivity contribution is -0.0251. The molecule has 0 amide bonds. The van der Waals surface area contributed by atoms with Crippen LogP contribution in [0.3, 0.4) is 0 Å². The van der Waals surface area contributed by atoms with E-state index in [0.29, 0.717) is 12.5 Å². The maximum atomic E-state index is 12.0. The number of aliphatic hydroxyl groups is 1. The van der Waals surface area contributed by atoms with E-state index >= 15 is 0 Å². The molecule has 0 aromatic carbocycles. The van der Waals surface area contributed by atoms with Crippen LogP contribution in [0.25, 0.3) is 0 Å². The summed E-state index contributed by atoms with van der Waals surface area (Å²) in [5, 5.41) is 12.8. The van der Waals surface area contributed by atoms with Crippen LogP contribution >= 0.6 is 0 Å². The third-order valence-electron chi connectivity index (χ3n) is 3.41. The van der Waals surface area contributed by atoms with Crippen LogP contribution < -0.4 is 5.32 Å². The summed E-state index contributed by atoms with van der Waals surface area (Å²) in [4.78, 5) is 0. The van der Waals surface area contributed by atoms with Gasteiger partial charge >= 0.3 is 0 Å². The number of hydrogen-bond acceptors (Lipinski definition) is 3. The molecule has 2 aliphatic carbocycles. The van der Waals surface area contributed by atoms with Crippen molar-refractivity contribution in [3.63, 3.8) is 0 Å². The molecule has 2 atom stereocenters. The van der Waals surface area contributed by atoms with Gasteiger partial charge in [-0.05, 0) is 32.1 Å². The van der Waals surface area contributed by atoms with Gasteiger partial charge in [0.25, 0.3) is 6.43 Å². The zero-order valence-corrected chi connectivity index (χ0v) is 9.29. The monoisotopic (exact) mass is 235 g/mol. The summed E-state index contributed by atoms with van der Waals surface area (Å²) in [5.41, 5.74) is -0.284. The van der Waals surface area contributed by atoms with Crippen molar-refractivity contribution in [2.45, 2.75) is 56.2 Å². The molecule has 2 rings (SSSR count). The van der Waals surface area contributed by atoms with Crippen LogP contribution in [0.4, 0.5) is 8.78 Å². The molecule has 2 fully saturated rings. The van der Waals surface area contributed by atoms with Gasteiger partial charge in [-0.1, -0.05) is 0 Å². The second-order valence-electron chi connectivity index (χ2n) is 4.95. The van der Waals surface area contributed by atoms with E-state index in [0.717, 1.165) is 25.7 Å². The summed E-state index contributed by atoms with van der Waals surface area (Å²) < 4.78 is 29.1. The Morgan fingerprint density at radius 3 is 2.69 bits per heavy atom. The van der Waals surface area contributed by atoms with Crippen LogP contribution in [0.15, 0.2) is 0 Å². The van der Waals surface area contributed by atoms with E-state index in [1.54, 1.807) is 0 Å². The number of alkyl halides is 2. The van der Waals surface area contributed by atoms with Gasteiger partial charge in [0.05, 0.1) is 12.7 Å². The van der Waals surface area contributed by atoms with Gasteiger partial charge in [-0.2, -0.15) is 0 Å². The summed E-state index contributed by atoms with van der Waals surface area (Å²) >= 11 is 0. The minimum absolute atomic E-state index is 0.0675. The quantitative estimate of drug-likeness (QED) is 0.729. The van der Waals surface area contributed by atoms with Crippen molar-refractivity contribution in [2.24, 2.45) is 0 Å². The normalized spacial score (nSPS) is 34.9. The third kappa shape index (κ3) is 3.12. The lowest BCUT2D eigenvalue weighted by Crippen LogP contribution is -2.48. The zero-order valence-electron chi connectivity index (χ0n) is 9.29. The van der Waals surface area contributed by atoms with E-state index in [-0.39, 0.29) is 18.2 Å². The largest absolute Gasteiger partial charge is 0.394 e. The van der Waals surface area contributed by atoms with Gasteiger partial charge in [-0.3, -0.25) is 0 Å². The molecule has 2 N–H and O–H groups in total. The fraction of sp³-hybridized carbons (Fsp3) is 1.00. The summed E-state index contributed by atoms with van der Waals surface area (Å²) in [6.45, 7) is -0.423. The van der Waals surface area contributed by atoms with E-state index in [4.69, 9.17) is 4.74 Å². The molecule has 94 valence electrons. The lowest BCUT2D eigenvalue weighted by Gasteiger charge is -2.28. The first kappa shape index (κ1) is 12.2. The molecule has 16 heavy (non-hydrogen) atoms. The highest BCUT2D eigenvalue weighted by atomic mass is 19.3. The van der Waals surface area contributed by atoms with E-state index in [1.807, 2.05) is 0 Å². The average Bonchev–Trinajstić information content (AvgIpc) is 2.95. The smallest absolute Gasteiger partial charge is 0.261 e. The Bertz CT molecular complexity index is 236. The molecule has 0 aromatic heterocycles. The highest BCUT2D eigenvalue weighted by molar-refractivity contribution is 5.01. The van der Waals surface area contributed by atoms with Gasteiger partial charge in [-0.25, -0.2) is 8.78 Å². The Hall–Kier alpha value is -0.260. The number of hydrogen-bond donors (Lipinski definition) is 2. The van der Waals surface area contributed by atoms with Gasteiger partial charge in [0.15, 0.2) is 0 Å². The van der Waals surface area contributed by atoms with E-state index in [9.17, 15) is 13.9 Å². The molecule has 0 aliphatic heterocycles. The number of rotatable bonds is 6. The van der Waals surface area contributed by atoms with Gasteiger partial charge in [0.2, 0.25) is 0 Å². The van der Waals surface area contributed by atoms with Crippen LogP contribution in [0.5, 0.6) is 0 Å². The molecule has 2 aliphatic rings. The lowest BCUT2D eigenvalue weighted by atomic mass is 9.98. The zero-order chi connectivity index (χ0) is 11.6. The SMILES string of the molecule is OCC1(NC2CC2)CCC(OCC(F)F)C1. The third-order valence-corrected chi connectivity index (χ3v) is 3.41. The summed E-state index contributed by atoms with van der Waals surface area (Å²) in [6.07, 6.45) is 2.00. The highest BCUT2D eigenvalue weighted by Crippen LogP contribution is 2.35. The minimum atomic E-state index is -2.40. The molecule has 5 heteroatoms. The molecule has 0 radical (unpaired) electrons. The van der Waals surface area contributed by atoms with Crippen molar-refractivity contribution in [3.05, 3.63) is 0 Å². The molecule has 2 saturated carbocycles. The molecular formula is C11H19F2NO2. The first-order chi connectivity index (χ1) is 7.63. The van der Waals surface area contributed by atoms with Gasteiger partial charge in [0.1, 0.15) is 6.61 Å². The first-order valence-corrected chi connectivity index (χ1v) is 5.92. The Balaban J connectivity index is 1.79. The molecule has 0 aromatic rings. The molecule has 0 saturated heterocycles. The summed E-state index contributed by atoms with van der Waals surface area (Å²) in [5.74, 6) is 0. The van der Waals surface area contributed by atoms with Gasteiger partial charge < -0.3 is 15.2 Å². The number of ether oxygens (including phenoxy) is 1. The minimum Gasteiger partial charge on any atom is -0.394 e. The maximum absolute atomic E-state index is 12.0. The molecule has 2 unspecified atom stereocenters. The van der Waals surface area contributed by atoms with E-state index in [1.165, 1.54) is 0 Å².